The van der Waals surface area contributed by atoms with Crippen LogP contribution in [0, 0.1) is 0 Å². The molecule has 0 aliphatic heterocycles. The molecule has 2 aromatic carbocycles. The molecule has 0 aliphatic carbocycles. The number of nitrogens with zero attached hydrogens (tertiary/aromatic N) is 2. The van der Waals surface area contributed by atoms with Gasteiger partial charge in [-0.3, -0.25) is 4.99 Å². The highest BCUT2D eigenvalue weighted by Gasteiger charge is 2.02. The van der Waals surface area contributed by atoms with Gasteiger partial charge in [0.15, 0.2) is 5.96 Å². The summed E-state index contributed by atoms with van der Waals surface area (Å²) >= 11 is 0. The molecular weight excluding hydrogens is 392 g/mol. The van der Waals surface area contributed by atoms with E-state index in [4.69, 9.17) is 14.2 Å². The second kappa shape index (κ2) is 12.1. The normalized spacial score (nSPS) is 11.0. The molecule has 31 heavy (non-hydrogen) atoms. The Balaban J connectivity index is 1.38. The number of hydrogen-bond acceptors (Lipinski definition) is 5. The Morgan fingerprint density at radius 3 is 2.29 bits per heavy atom. The smallest absolute Gasteiger partial charge is 0.213 e. The van der Waals surface area contributed by atoms with E-state index >= 15 is 0 Å². The molecule has 162 valence electrons. The van der Waals surface area contributed by atoms with E-state index in [-0.39, 0.29) is 0 Å². The van der Waals surface area contributed by atoms with Gasteiger partial charge in [-0.1, -0.05) is 36.4 Å². The van der Waals surface area contributed by atoms with Gasteiger partial charge in [0.05, 0.1) is 7.11 Å². The fourth-order valence-corrected chi connectivity index (χ4v) is 2.80. The first-order chi connectivity index (χ1) is 15.3. The van der Waals surface area contributed by atoms with Crippen LogP contribution in [0.3, 0.4) is 0 Å². The highest BCUT2D eigenvalue weighted by atomic mass is 16.5. The van der Waals surface area contributed by atoms with E-state index in [0.717, 1.165) is 22.6 Å². The minimum atomic E-state index is 0.431. The van der Waals surface area contributed by atoms with E-state index in [0.29, 0.717) is 38.1 Å². The van der Waals surface area contributed by atoms with Crippen LogP contribution >= 0.6 is 0 Å². The van der Waals surface area contributed by atoms with Gasteiger partial charge in [0.2, 0.25) is 5.88 Å². The zero-order valence-electron chi connectivity index (χ0n) is 17.9. The van der Waals surface area contributed by atoms with Crippen molar-refractivity contribution < 1.29 is 14.2 Å². The number of ether oxygens (including phenoxy) is 3. The Kier molecular flexibility index (Phi) is 8.55. The maximum Gasteiger partial charge on any atom is 0.213 e. The van der Waals surface area contributed by atoms with Crippen LogP contribution in [-0.4, -0.2) is 38.3 Å². The quantitative estimate of drug-likeness (QED) is 0.297. The van der Waals surface area contributed by atoms with Crippen LogP contribution in [0.5, 0.6) is 17.4 Å². The van der Waals surface area contributed by atoms with Gasteiger partial charge < -0.3 is 24.8 Å². The van der Waals surface area contributed by atoms with Crippen molar-refractivity contribution in [1.29, 1.82) is 0 Å². The average Bonchev–Trinajstić information content (AvgIpc) is 2.83. The highest BCUT2D eigenvalue weighted by Crippen LogP contribution is 2.12. The third-order valence-corrected chi connectivity index (χ3v) is 4.42. The third-order valence-electron chi connectivity index (χ3n) is 4.42. The van der Waals surface area contributed by atoms with E-state index in [1.165, 1.54) is 0 Å². The summed E-state index contributed by atoms with van der Waals surface area (Å²) in [6.07, 6.45) is 1.79. The van der Waals surface area contributed by atoms with Gasteiger partial charge in [-0.2, -0.15) is 0 Å². The number of benzene rings is 2. The van der Waals surface area contributed by atoms with Crippen molar-refractivity contribution >= 4 is 5.96 Å². The van der Waals surface area contributed by atoms with Crippen LogP contribution in [0.2, 0.25) is 0 Å². The number of methoxy groups -OCH3 is 1. The first kappa shape index (κ1) is 22.0. The number of para-hydroxylation sites is 1. The van der Waals surface area contributed by atoms with Crippen molar-refractivity contribution in [3.63, 3.8) is 0 Å². The van der Waals surface area contributed by atoms with E-state index in [9.17, 15) is 0 Å². The van der Waals surface area contributed by atoms with Crippen LogP contribution in [0.15, 0.2) is 77.9 Å². The van der Waals surface area contributed by atoms with Crippen molar-refractivity contribution in [1.82, 2.24) is 15.6 Å². The van der Waals surface area contributed by atoms with Gasteiger partial charge in [0, 0.05) is 32.4 Å². The zero-order chi connectivity index (χ0) is 21.7. The number of hydrogen-bond donors (Lipinski definition) is 2. The maximum atomic E-state index is 5.63. The van der Waals surface area contributed by atoms with Crippen LogP contribution < -0.4 is 24.8 Å². The summed E-state index contributed by atoms with van der Waals surface area (Å²) in [5.74, 6) is 2.94. The molecule has 0 fully saturated rings. The molecule has 0 bridgehead atoms. The number of nitrogens with one attached hydrogen (secondary N) is 2. The first-order valence-corrected chi connectivity index (χ1v) is 10.1. The van der Waals surface area contributed by atoms with Gasteiger partial charge in [-0.25, -0.2) is 4.98 Å². The molecule has 7 nitrogen and oxygen atoms in total. The molecule has 0 radical (unpaired) electrons. The highest BCUT2D eigenvalue weighted by molar-refractivity contribution is 5.79. The summed E-state index contributed by atoms with van der Waals surface area (Å²) in [5, 5.41) is 6.57. The average molecular weight is 421 g/mol. The van der Waals surface area contributed by atoms with Gasteiger partial charge in [0.25, 0.3) is 0 Å². The second-order valence-corrected chi connectivity index (χ2v) is 6.65. The Morgan fingerprint density at radius 2 is 1.58 bits per heavy atom. The lowest BCUT2D eigenvalue weighted by Crippen LogP contribution is -2.36. The fraction of sp³-hybridized carbons (Fsp3) is 0.250. The molecule has 0 atom stereocenters. The summed E-state index contributed by atoms with van der Waals surface area (Å²) in [5.41, 5.74) is 2.14. The summed E-state index contributed by atoms with van der Waals surface area (Å²) in [7, 11) is 3.41. The van der Waals surface area contributed by atoms with Gasteiger partial charge in [-0.15, -0.1) is 0 Å². The number of aromatic nitrogens is 1. The molecule has 7 heteroatoms. The van der Waals surface area contributed by atoms with Gasteiger partial charge in [0.1, 0.15) is 24.7 Å². The largest absolute Gasteiger partial charge is 0.497 e. The lowest BCUT2D eigenvalue weighted by molar-refractivity contribution is 0.212. The Hall–Kier alpha value is -3.74. The molecule has 0 aliphatic rings. The van der Waals surface area contributed by atoms with Crippen molar-refractivity contribution in [2.24, 2.45) is 4.99 Å². The maximum absolute atomic E-state index is 5.63. The zero-order valence-corrected chi connectivity index (χ0v) is 17.9. The molecule has 0 saturated carbocycles. The van der Waals surface area contributed by atoms with E-state index < -0.39 is 0 Å². The molecule has 0 spiro atoms. The Labute approximate surface area is 183 Å². The standard InChI is InChI=1S/C24H28N4O3/c1-25-24(27-16-19-7-6-10-22(15-19)29-2)28-18-20-11-12-23(26-17-20)31-14-13-30-21-8-4-3-5-9-21/h3-12,15,17H,13-14,16,18H2,1-2H3,(H2,25,27,28). The molecule has 1 heterocycles. The van der Waals surface area contributed by atoms with Crippen LogP contribution in [0.25, 0.3) is 0 Å². The monoisotopic (exact) mass is 420 g/mol. The fourth-order valence-electron chi connectivity index (χ4n) is 2.80. The minimum Gasteiger partial charge on any atom is -0.497 e. The summed E-state index contributed by atoms with van der Waals surface area (Å²) in [6.45, 7) is 2.14. The van der Waals surface area contributed by atoms with Crippen molar-refractivity contribution in [3.8, 4) is 17.4 Å². The SMILES string of the molecule is CN=C(NCc1ccc(OCCOc2ccccc2)nc1)NCc1cccc(OC)c1. The molecule has 0 unspecified atom stereocenters. The molecule has 3 rings (SSSR count). The van der Waals surface area contributed by atoms with Crippen molar-refractivity contribution in [2.45, 2.75) is 13.1 Å². The Bertz CT molecular complexity index is 947. The predicted molar refractivity (Wildman–Crippen MR) is 122 cm³/mol. The molecule has 0 amide bonds. The Morgan fingerprint density at radius 1 is 0.839 bits per heavy atom. The third kappa shape index (κ3) is 7.54. The second-order valence-electron chi connectivity index (χ2n) is 6.65. The number of guanidine groups is 1. The predicted octanol–water partition coefficient (Wildman–Crippen LogP) is 3.41. The number of aliphatic imine (C=N–C) groups is 1. The molecule has 0 saturated heterocycles. The lowest BCUT2D eigenvalue weighted by Gasteiger charge is -2.13. The van der Waals surface area contributed by atoms with Crippen molar-refractivity contribution in [2.75, 3.05) is 27.4 Å². The van der Waals surface area contributed by atoms with E-state index in [2.05, 4.69) is 20.6 Å². The topological polar surface area (TPSA) is 77.0 Å². The first-order valence-electron chi connectivity index (χ1n) is 10.1. The van der Waals surface area contributed by atoms with Crippen LogP contribution in [-0.2, 0) is 13.1 Å². The molecule has 2 N–H and O–H groups in total. The van der Waals surface area contributed by atoms with E-state index in [1.807, 2.05) is 66.7 Å². The van der Waals surface area contributed by atoms with Gasteiger partial charge in [-0.05, 0) is 35.4 Å². The summed E-state index contributed by atoms with van der Waals surface area (Å²) in [4.78, 5) is 8.61. The minimum absolute atomic E-state index is 0.431. The molecule has 3 aromatic rings. The van der Waals surface area contributed by atoms with E-state index in [1.54, 1.807) is 20.4 Å². The summed E-state index contributed by atoms with van der Waals surface area (Å²) in [6, 6.07) is 21.4. The van der Waals surface area contributed by atoms with Crippen LogP contribution in [0.1, 0.15) is 11.1 Å². The number of pyridine rings is 1. The van der Waals surface area contributed by atoms with Crippen molar-refractivity contribution in [3.05, 3.63) is 84.1 Å². The van der Waals surface area contributed by atoms with Crippen LogP contribution in [0.4, 0.5) is 0 Å². The number of rotatable bonds is 10. The lowest BCUT2D eigenvalue weighted by atomic mass is 10.2. The molecule has 1 aromatic heterocycles. The van der Waals surface area contributed by atoms with Gasteiger partial charge >= 0.3 is 0 Å². The molecular formula is C24H28N4O3. The summed E-state index contributed by atoms with van der Waals surface area (Å²) < 4.78 is 16.5.